The van der Waals surface area contributed by atoms with E-state index in [1.165, 1.54) is 0 Å². The predicted molar refractivity (Wildman–Crippen MR) is 71.7 cm³/mol. The summed E-state index contributed by atoms with van der Waals surface area (Å²) in [5, 5.41) is 8.85. The summed E-state index contributed by atoms with van der Waals surface area (Å²) in [4.78, 5) is 0. The Hall–Kier alpha value is -0.750. The molecule has 1 atom stereocenters. The molecule has 0 radical (unpaired) electrons. The fourth-order valence-corrected chi connectivity index (χ4v) is 2.76. The molecule has 0 bridgehead atoms. The largest absolute Gasteiger partial charge is 0.305 e. The molecule has 1 unspecified atom stereocenters. The number of benzene rings is 1. The van der Waals surface area contributed by atoms with E-state index in [0.717, 1.165) is 16.4 Å². The molecule has 0 aromatic heterocycles. The minimum atomic E-state index is -1.31. The first-order chi connectivity index (χ1) is 7.27. The Bertz CT molecular complexity index is 419. The standard InChI is InChI=1S/C13H19FNP/c1-8-6-10(13(3,4)14)7-11(16-5)12(8)9(2)15/h6-7,15-16H,1-5H3. The van der Waals surface area contributed by atoms with Crippen molar-refractivity contribution in [1.82, 2.24) is 0 Å². The lowest BCUT2D eigenvalue weighted by Gasteiger charge is -2.19. The van der Waals surface area contributed by atoms with E-state index in [1.807, 2.05) is 19.1 Å². The van der Waals surface area contributed by atoms with Crippen LogP contribution in [0.2, 0.25) is 0 Å². The van der Waals surface area contributed by atoms with Gasteiger partial charge in [0.15, 0.2) is 0 Å². The quantitative estimate of drug-likeness (QED) is 0.616. The summed E-state index contributed by atoms with van der Waals surface area (Å²) in [5.74, 6) is 0. The molecule has 0 aliphatic rings. The van der Waals surface area contributed by atoms with Crippen LogP contribution in [0.15, 0.2) is 12.1 Å². The maximum atomic E-state index is 13.9. The molecule has 1 aromatic carbocycles. The van der Waals surface area contributed by atoms with Gasteiger partial charge in [0.1, 0.15) is 5.67 Å². The van der Waals surface area contributed by atoms with Gasteiger partial charge in [0.2, 0.25) is 0 Å². The minimum absolute atomic E-state index is 0.560. The highest BCUT2D eigenvalue weighted by Gasteiger charge is 2.21. The molecule has 0 amide bonds. The van der Waals surface area contributed by atoms with Crippen LogP contribution in [-0.4, -0.2) is 12.4 Å². The number of aryl methyl sites for hydroxylation is 1. The normalized spacial score (nSPS) is 12.4. The van der Waals surface area contributed by atoms with Crippen LogP contribution in [0.3, 0.4) is 0 Å². The van der Waals surface area contributed by atoms with Gasteiger partial charge >= 0.3 is 0 Å². The lowest BCUT2D eigenvalue weighted by Crippen LogP contribution is -2.17. The number of rotatable bonds is 3. The molecule has 1 nitrogen and oxygen atoms in total. The number of halogens is 1. The molecule has 1 rings (SSSR count). The first-order valence-electron chi connectivity index (χ1n) is 5.34. The monoisotopic (exact) mass is 239 g/mol. The number of hydrogen-bond acceptors (Lipinski definition) is 1. The van der Waals surface area contributed by atoms with E-state index in [1.54, 1.807) is 20.8 Å². The van der Waals surface area contributed by atoms with Gasteiger partial charge in [-0.05, 0) is 56.9 Å². The second-order valence-corrected chi connectivity index (χ2v) is 5.60. The molecule has 0 fully saturated rings. The topological polar surface area (TPSA) is 23.9 Å². The first kappa shape index (κ1) is 13.3. The van der Waals surface area contributed by atoms with Gasteiger partial charge in [0.25, 0.3) is 0 Å². The molecule has 88 valence electrons. The molecule has 1 N–H and O–H groups in total. The SMILES string of the molecule is CPc1cc(C(C)(C)F)cc(C)c1C(C)=N. The molecule has 0 spiro atoms. The third-order valence-corrected chi connectivity index (χ3v) is 3.60. The van der Waals surface area contributed by atoms with Gasteiger partial charge in [-0.1, -0.05) is 14.6 Å². The zero-order valence-corrected chi connectivity index (χ0v) is 11.5. The van der Waals surface area contributed by atoms with Gasteiger partial charge in [0.05, 0.1) is 0 Å². The summed E-state index contributed by atoms with van der Waals surface area (Å²) in [6, 6.07) is 3.76. The highest BCUT2D eigenvalue weighted by atomic mass is 31.1. The van der Waals surface area contributed by atoms with Crippen molar-refractivity contribution in [2.75, 3.05) is 6.66 Å². The van der Waals surface area contributed by atoms with E-state index >= 15 is 0 Å². The van der Waals surface area contributed by atoms with Crippen LogP contribution in [0.5, 0.6) is 0 Å². The second-order valence-electron chi connectivity index (χ2n) is 4.56. The van der Waals surface area contributed by atoms with Crippen molar-refractivity contribution in [3.05, 3.63) is 28.8 Å². The van der Waals surface area contributed by atoms with Gasteiger partial charge in [-0.2, -0.15) is 0 Å². The van der Waals surface area contributed by atoms with Crippen LogP contribution in [-0.2, 0) is 5.67 Å². The van der Waals surface area contributed by atoms with Crippen molar-refractivity contribution < 1.29 is 4.39 Å². The number of nitrogens with one attached hydrogen (secondary N) is 1. The third-order valence-electron chi connectivity index (χ3n) is 2.67. The fraction of sp³-hybridized carbons (Fsp3) is 0.462. The van der Waals surface area contributed by atoms with Crippen LogP contribution >= 0.6 is 8.58 Å². The molecule has 0 heterocycles. The van der Waals surface area contributed by atoms with Crippen molar-refractivity contribution in [2.24, 2.45) is 0 Å². The summed E-state index contributed by atoms with van der Waals surface area (Å²) in [5.41, 5.74) is 1.94. The zero-order valence-electron chi connectivity index (χ0n) is 10.5. The smallest absolute Gasteiger partial charge is 0.130 e. The Labute approximate surface area is 98.8 Å². The molecule has 3 heteroatoms. The van der Waals surface area contributed by atoms with Crippen LogP contribution < -0.4 is 5.30 Å². The molecule has 0 saturated heterocycles. The lowest BCUT2D eigenvalue weighted by atomic mass is 9.94. The molecule has 16 heavy (non-hydrogen) atoms. The van der Waals surface area contributed by atoms with Gasteiger partial charge in [0, 0.05) is 11.3 Å². The predicted octanol–water partition coefficient (Wildman–Crippen LogP) is 3.52. The van der Waals surface area contributed by atoms with Gasteiger partial charge < -0.3 is 5.41 Å². The zero-order chi connectivity index (χ0) is 12.5. The van der Waals surface area contributed by atoms with Crippen molar-refractivity contribution in [2.45, 2.75) is 33.4 Å². The van der Waals surface area contributed by atoms with E-state index in [9.17, 15) is 4.39 Å². The summed E-state index contributed by atoms with van der Waals surface area (Å²) >= 11 is 0. The second kappa shape index (κ2) is 4.63. The molecule has 1 aromatic rings. The lowest BCUT2D eigenvalue weighted by molar-refractivity contribution is 0.221. The Morgan fingerprint density at radius 1 is 1.38 bits per heavy atom. The van der Waals surface area contributed by atoms with Crippen LogP contribution in [0, 0.1) is 12.3 Å². The Morgan fingerprint density at radius 2 is 1.94 bits per heavy atom. The van der Waals surface area contributed by atoms with E-state index < -0.39 is 5.67 Å². The van der Waals surface area contributed by atoms with Crippen molar-refractivity contribution in [1.29, 1.82) is 5.41 Å². The number of hydrogen-bond donors (Lipinski definition) is 1. The van der Waals surface area contributed by atoms with E-state index in [2.05, 4.69) is 6.66 Å². The number of alkyl halides is 1. The fourth-order valence-electron chi connectivity index (χ4n) is 1.83. The Kier molecular flexibility index (Phi) is 3.85. The van der Waals surface area contributed by atoms with Crippen LogP contribution in [0.4, 0.5) is 4.39 Å². The van der Waals surface area contributed by atoms with Crippen LogP contribution in [0.1, 0.15) is 37.5 Å². The van der Waals surface area contributed by atoms with Gasteiger partial charge in [-0.25, -0.2) is 4.39 Å². The molecule has 0 aliphatic heterocycles. The highest BCUT2D eigenvalue weighted by molar-refractivity contribution is 7.46. The third kappa shape index (κ3) is 2.68. The highest BCUT2D eigenvalue weighted by Crippen LogP contribution is 2.27. The first-order valence-corrected chi connectivity index (χ1v) is 6.84. The maximum Gasteiger partial charge on any atom is 0.130 e. The minimum Gasteiger partial charge on any atom is -0.305 e. The average molecular weight is 239 g/mol. The van der Waals surface area contributed by atoms with Crippen LogP contribution in [0.25, 0.3) is 0 Å². The molecular weight excluding hydrogens is 220 g/mol. The maximum absolute atomic E-state index is 13.9. The Balaban J connectivity index is 3.44. The van der Waals surface area contributed by atoms with Crippen molar-refractivity contribution in [3.63, 3.8) is 0 Å². The van der Waals surface area contributed by atoms with E-state index in [0.29, 0.717) is 19.9 Å². The molecular formula is C13H19FNP. The summed E-state index contributed by atoms with van der Waals surface area (Å²) < 4.78 is 13.9. The average Bonchev–Trinajstić information content (AvgIpc) is 2.14. The van der Waals surface area contributed by atoms with Crippen molar-refractivity contribution in [3.8, 4) is 0 Å². The molecule has 0 aliphatic carbocycles. The van der Waals surface area contributed by atoms with Gasteiger partial charge in [-0.15, -0.1) is 0 Å². The Morgan fingerprint density at radius 3 is 2.31 bits per heavy atom. The van der Waals surface area contributed by atoms with E-state index in [-0.39, 0.29) is 0 Å². The van der Waals surface area contributed by atoms with Gasteiger partial charge in [-0.3, -0.25) is 0 Å². The summed E-state index contributed by atoms with van der Waals surface area (Å²) in [6.45, 7) is 8.94. The summed E-state index contributed by atoms with van der Waals surface area (Å²) in [7, 11) is 0.586. The molecule has 0 saturated carbocycles. The van der Waals surface area contributed by atoms with Crippen molar-refractivity contribution >= 4 is 19.6 Å². The summed E-state index contributed by atoms with van der Waals surface area (Å²) in [6.07, 6.45) is 0. The van der Waals surface area contributed by atoms with E-state index in [4.69, 9.17) is 5.41 Å².